The van der Waals surface area contributed by atoms with Crippen LogP contribution in [0.4, 0.5) is 5.69 Å². The third-order valence-electron chi connectivity index (χ3n) is 2.92. The molecule has 2 aromatic rings. The predicted molar refractivity (Wildman–Crippen MR) is 98.9 cm³/mol. The number of carbonyl (C=O) groups excluding carboxylic acids is 1. The standard InChI is InChI=1S/C18H20BrNOS/c1-12-9-10-15(14(19)11-12)20-17(21)13-7-5-6-8-16(13)22-18(2,3)4/h5-11H,1-4H3,(H,20,21). The Morgan fingerprint density at radius 3 is 2.45 bits per heavy atom. The summed E-state index contributed by atoms with van der Waals surface area (Å²) in [5.41, 5.74) is 2.63. The molecule has 116 valence electrons. The van der Waals surface area contributed by atoms with E-state index in [2.05, 4.69) is 42.0 Å². The van der Waals surface area contributed by atoms with Crippen LogP contribution in [-0.2, 0) is 0 Å². The van der Waals surface area contributed by atoms with E-state index in [1.165, 1.54) is 0 Å². The fraction of sp³-hybridized carbons (Fsp3) is 0.278. The third kappa shape index (κ3) is 4.62. The summed E-state index contributed by atoms with van der Waals surface area (Å²) in [5.74, 6) is -0.0862. The molecule has 4 heteroatoms. The Labute approximate surface area is 144 Å². The van der Waals surface area contributed by atoms with Gasteiger partial charge in [0.25, 0.3) is 5.91 Å². The Bertz CT molecular complexity index is 692. The third-order valence-corrected chi connectivity index (χ3v) is 4.76. The molecule has 0 spiro atoms. The maximum atomic E-state index is 12.6. The number of benzene rings is 2. The number of hydrogen-bond donors (Lipinski definition) is 1. The highest BCUT2D eigenvalue weighted by Crippen LogP contribution is 2.34. The zero-order valence-corrected chi connectivity index (χ0v) is 15.6. The van der Waals surface area contributed by atoms with E-state index in [0.29, 0.717) is 5.56 Å². The van der Waals surface area contributed by atoms with Crippen LogP contribution >= 0.6 is 27.7 Å². The molecule has 0 fully saturated rings. The Kier molecular flexibility index (Phi) is 5.35. The van der Waals surface area contributed by atoms with Crippen molar-refractivity contribution in [2.45, 2.75) is 37.3 Å². The topological polar surface area (TPSA) is 29.1 Å². The first kappa shape index (κ1) is 17.1. The monoisotopic (exact) mass is 377 g/mol. The molecule has 0 heterocycles. The van der Waals surface area contributed by atoms with Gasteiger partial charge in [0, 0.05) is 14.1 Å². The van der Waals surface area contributed by atoms with Crippen molar-refractivity contribution in [3.05, 3.63) is 58.1 Å². The van der Waals surface area contributed by atoms with Crippen molar-refractivity contribution in [2.24, 2.45) is 0 Å². The molecular weight excluding hydrogens is 358 g/mol. The predicted octanol–water partition coefficient (Wildman–Crippen LogP) is 5.90. The van der Waals surface area contributed by atoms with Gasteiger partial charge in [-0.05, 0) is 52.7 Å². The summed E-state index contributed by atoms with van der Waals surface area (Å²) in [6.45, 7) is 8.44. The minimum atomic E-state index is -0.0862. The van der Waals surface area contributed by atoms with Crippen molar-refractivity contribution in [3.8, 4) is 0 Å². The number of hydrogen-bond acceptors (Lipinski definition) is 2. The van der Waals surface area contributed by atoms with Crippen molar-refractivity contribution in [1.29, 1.82) is 0 Å². The molecule has 0 aliphatic heterocycles. The van der Waals surface area contributed by atoms with Crippen LogP contribution in [-0.4, -0.2) is 10.7 Å². The van der Waals surface area contributed by atoms with E-state index in [9.17, 15) is 4.79 Å². The summed E-state index contributed by atoms with van der Waals surface area (Å²) in [5, 5.41) is 2.98. The molecule has 0 saturated heterocycles. The molecule has 0 aliphatic carbocycles. The molecule has 22 heavy (non-hydrogen) atoms. The van der Waals surface area contributed by atoms with E-state index in [4.69, 9.17) is 0 Å². The maximum Gasteiger partial charge on any atom is 0.256 e. The molecule has 2 aromatic carbocycles. The zero-order chi connectivity index (χ0) is 16.3. The summed E-state index contributed by atoms with van der Waals surface area (Å²) in [6, 6.07) is 13.6. The lowest BCUT2D eigenvalue weighted by Crippen LogP contribution is -2.15. The lowest BCUT2D eigenvalue weighted by molar-refractivity contribution is 0.102. The molecule has 0 aliphatic rings. The first-order chi connectivity index (χ1) is 10.3. The molecule has 1 amide bonds. The van der Waals surface area contributed by atoms with Gasteiger partial charge in [-0.2, -0.15) is 0 Å². The second kappa shape index (κ2) is 6.88. The Morgan fingerprint density at radius 2 is 1.82 bits per heavy atom. The lowest BCUT2D eigenvalue weighted by Gasteiger charge is -2.19. The fourth-order valence-electron chi connectivity index (χ4n) is 1.98. The molecule has 0 radical (unpaired) electrons. The van der Waals surface area contributed by atoms with E-state index < -0.39 is 0 Å². The molecule has 2 nitrogen and oxygen atoms in total. The van der Waals surface area contributed by atoms with Gasteiger partial charge in [0.1, 0.15) is 0 Å². The number of thioether (sulfide) groups is 1. The van der Waals surface area contributed by atoms with E-state index >= 15 is 0 Å². The van der Waals surface area contributed by atoms with Crippen LogP contribution < -0.4 is 5.32 Å². The number of aryl methyl sites for hydroxylation is 1. The average Bonchev–Trinajstić information content (AvgIpc) is 2.40. The highest BCUT2D eigenvalue weighted by atomic mass is 79.9. The lowest BCUT2D eigenvalue weighted by atomic mass is 10.2. The van der Waals surface area contributed by atoms with Gasteiger partial charge in [-0.1, -0.05) is 39.0 Å². The number of carbonyl (C=O) groups is 1. The summed E-state index contributed by atoms with van der Waals surface area (Å²) in [7, 11) is 0. The SMILES string of the molecule is Cc1ccc(NC(=O)c2ccccc2SC(C)(C)C)c(Br)c1. The van der Waals surface area contributed by atoms with Crippen molar-refractivity contribution < 1.29 is 4.79 Å². The molecule has 1 N–H and O–H groups in total. The van der Waals surface area contributed by atoms with Crippen LogP contribution in [0.25, 0.3) is 0 Å². The first-order valence-electron chi connectivity index (χ1n) is 7.12. The van der Waals surface area contributed by atoms with Crippen LogP contribution in [0.1, 0.15) is 36.7 Å². The van der Waals surface area contributed by atoms with Gasteiger partial charge >= 0.3 is 0 Å². The van der Waals surface area contributed by atoms with Crippen molar-refractivity contribution in [1.82, 2.24) is 0 Å². The number of nitrogens with one attached hydrogen (secondary N) is 1. The van der Waals surface area contributed by atoms with Crippen LogP contribution in [0, 0.1) is 6.92 Å². The molecule has 0 bridgehead atoms. The second-order valence-electron chi connectivity index (χ2n) is 6.15. The van der Waals surface area contributed by atoms with Crippen LogP contribution in [0.3, 0.4) is 0 Å². The number of anilines is 1. The summed E-state index contributed by atoms with van der Waals surface area (Å²) < 4.78 is 0.947. The van der Waals surface area contributed by atoms with Gasteiger partial charge in [-0.15, -0.1) is 11.8 Å². The summed E-state index contributed by atoms with van der Waals surface area (Å²) >= 11 is 5.20. The highest BCUT2D eigenvalue weighted by Gasteiger charge is 2.18. The largest absolute Gasteiger partial charge is 0.321 e. The average molecular weight is 378 g/mol. The molecule has 0 saturated carbocycles. The van der Waals surface area contributed by atoms with Gasteiger partial charge in [-0.25, -0.2) is 0 Å². The van der Waals surface area contributed by atoms with Crippen molar-refractivity contribution >= 4 is 39.3 Å². The maximum absolute atomic E-state index is 12.6. The van der Waals surface area contributed by atoms with Crippen molar-refractivity contribution in [3.63, 3.8) is 0 Å². The Hall–Kier alpha value is -1.26. The van der Waals surface area contributed by atoms with Crippen LogP contribution in [0.5, 0.6) is 0 Å². The van der Waals surface area contributed by atoms with Gasteiger partial charge in [0.2, 0.25) is 0 Å². The van der Waals surface area contributed by atoms with Crippen LogP contribution in [0.2, 0.25) is 0 Å². The fourth-order valence-corrected chi connectivity index (χ4v) is 3.65. The number of amides is 1. The number of halogens is 1. The molecule has 0 aromatic heterocycles. The second-order valence-corrected chi connectivity index (χ2v) is 8.87. The Morgan fingerprint density at radius 1 is 1.14 bits per heavy atom. The minimum Gasteiger partial charge on any atom is -0.321 e. The van der Waals surface area contributed by atoms with E-state index in [1.807, 2.05) is 49.4 Å². The van der Waals surface area contributed by atoms with Gasteiger partial charge < -0.3 is 5.32 Å². The molecule has 0 atom stereocenters. The first-order valence-corrected chi connectivity index (χ1v) is 8.73. The molecule has 2 rings (SSSR count). The zero-order valence-electron chi connectivity index (χ0n) is 13.2. The van der Waals surface area contributed by atoms with E-state index in [-0.39, 0.29) is 10.7 Å². The van der Waals surface area contributed by atoms with Gasteiger partial charge in [0.05, 0.1) is 11.3 Å². The number of rotatable bonds is 3. The summed E-state index contributed by atoms with van der Waals surface area (Å²) in [4.78, 5) is 13.6. The highest BCUT2D eigenvalue weighted by molar-refractivity contribution is 9.10. The molecule has 0 unspecified atom stereocenters. The minimum absolute atomic E-state index is 0.0564. The molecular formula is C18H20BrNOS. The van der Waals surface area contributed by atoms with E-state index in [1.54, 1.807) is 11.8 Å². The Balaban J connectivity index is 2.26. The quantitative estimate of drug-likeness (QED) is 0.674. The van der Waals surface area contributed by atoms with Gasteiger partial charge in [-0.3, -0.25) is 4.79 Å². The van der Waals surface area contributed by atoms with Crippen molar-refractivity contribution in [2.75, 3.05) is 5.32 Å². The van der Waals surface area contributed by atoms with E-state index in [0.717, 1.165) is 20.6 Å². The van der Waals surface area contributed by atoms with Crippen LogP contribution in [0.15, 0.2) is 51.8 Å². The smallest absolute Gasteiger partial charge is 0.256 e. The normalized spacial score (nSPS) is 11.3. The van der Waals surface area contributed by atoms with Gasteiger partial charge in [0.15, 0.2) is 0 Å². The summed E-state index contributed by atoms with van der Waals surface area (Å²) in [6.07, 6.45) is 0.